The van der Waals surface area contributed by atoms with Gasteiger partial charge in [-0.15, -0.1) is 5.10 Å². The monoisotopic (exact) mass is 558 g/mol. The summed E-state index contributed by atoms with van der Waals surface area (Å²) in [7, 11) is 0. The maximum atomic E-state index is 13.6. The number of carbonyl (C=O) groups excluding carboxylic acids is 1. The van der Waals surface area contributed by atoms with Crippen LogP contribution in [0, 0.1) is 6.92 Å². The molecule has 1 saturated heterocycles. The first-order valence-corrected chi connectivity index (χ1v) is 14.1. The number of para-hydroxylation sites is 1. The molecule has 10 heteroatoms. The number of piperidine rings is 1. The van der Waals surface area contributed by atoms with E-state index >= 15 is 0 Å². The number of urea groups is 1. The van der Waals surface area contributed by atoms with Crippen molar-refractivity contribution in [3.8, 4) is 17.1 Å². The first kappa shape index (κ1) is 25.7. The molecule has 2 aliphatic heterocycles. The number of aromatic nitrogens is 5. The van der Waals surface area contributed by atoms with E-state index < -0.39 is 6.17 Å². The molecule has 1 unspecified atom stereocenters. The highest BCUT2D eigenvalue weighted by atomic mass is 16.2. The lowest BCUT2D eigenvalue weighted by Crippen LogP contribution is -2.46. The van der Waals surface area contributed by atoms with Crippen LogP contribution in [0.5, 0.6) is 0 Å². The van der Waals surface area contributed by atoms with Crippen molar-refractivity contribution < 1.29 is 4.79 Å². The van der Waals surface area contributed by atoms with Crippen LogP contribution in [0.25, 0.3) is 17.1 Å². The Hall–Kier alpha value is -5.25. The molecule has 3 aromatic carbocycles. The largest absolute Gasteiger partial charge is 0.343 e. The second-order valence-corrected chi connectivity index (χ2v) is 10.6. The van der Waals surface area contributed by atoms with E-state index in [-0.39, 0.29) is 17.8 Å². The minimum Gasteiger partial charge on any atom is -0.325 e. The number of H-pyrrole nitrogens is 1. The maximum Gasteiger partial charge on any atom is 0.343 e. The highest BCUT2D eigenvalue weighted by Crippen LogP contribution is 2.31. The fourth-order valence-corrected chi connectivity index (χ4v) is 5.84. The third-order valence-corrected chi connectivity index (χ3v) is 7.96. The van der Waals surface area contributed by atoms with Gasteiger partial charge in [-0.05, 0) is 25.8 Å². The minimum absolute atomic E-state index is 0.0908. The zero-order valence-electron chi connectivity index (χ0n) is 23.1. The number of imidazole rings is 1. The number of hydrogen-bond donors (Lipinski definition) is 2. The van der Waals surface area contributed by atoms with E-state index in [1.807, 2.05) is 85.9 Å². The van der Waals surface area contributed by atoms with E-state index in [1.165, 1.54) is 4.68 Å². The molecular weight excluding hydrogens is 528 g/mol. The smallest absolute Gasteiger partial charge is 0.325 e. The molecule has 2 aliphatic rings. The SMILES string of the molecule is Cc1cnc2n1-c1ccccc1C(c1ccccc1)=NC2NC(=O)N1CCC(n2nc(-c3ccccc3)[nH]c2=O)CC1. The molecule has 2 amide bonds. The molecule has 4 heterocycles. The van der Waals surface area contributed by atoms with Gasteiger partial charge in [0.05, 0.1) is 17.4 Å². The Labute approximate surface area is 242 Å². The zero-order chi connectivity index (χ0) is 28.6. The molecule has 10 nitrogen and oxygen atoms in total. The molecule has 5 aromatic rings. The Morgan fingerprint density at radius 2 is 1.57 bits per heavy atom. The Bertz CT molecular complexity index is 1830. The van der Waals surface area contributed by atoms with Crippen LogP contribution in [0.2, 0.25) is 0 Å². The predicted molar refractivity (Wildman–Crippen MR) is 160 cm³/mol. The molecule has 1 atom stereocenters. The van der Waals surface area contributed by atoms with Crippen LogP contribution in [0.1, 0.15) is 47.7 Å². The summed E-state index contributed by atoms with van der Waals surface area (Å²) in [5.41, 5.74) is 5.30. The Morgan fingerprint density at radius 3 is 2.31 bits per heavy atom. The number of nitrogens with one attached hydrogen (secondary N) is 2. The van der Waals surface area contributed by atoms with E-state index in [2.05, 4.69) is 37.1 Å². The number of aliphatic imine (C=N–C) groups is 1. The highest BCUT2D eigenvalue weighted by molar-refractivity contribution is 6.15. The van der Waals surface area contributed by atoms with Gasteiger partial charge in [0.15, 0.2) is 17.8 Å². The number of rotatable bonds is 4. The molecule has 0 bridgehead atoms. The molecule has 0 spiro atoms. The highest BCUT2D eigenvalue weighted by Gasteiger charge is 2.31. The van der Waals surface area contributed by atoms with Crippen molar-refractivity contribution in [1.82, 2.24) is 34.5 Å². The summed E-state index contributed by atoms with van der Waals surface area (Å²) < 4.78 is 3.59. The third-order valence-electron chi connectivity index (χ3n) is 7.96. The Morgan fingerprint density at radius 1 is 0.905 bits per heavy atom. The lowest BCUT2D eigenvalue weighted by Gasteiger charge is -2.32. The van der Waals surface area contributed by atoms with Crippen molar-refractivity contribution >= 4 is 11.7 Å². The summed E-state index contributed by atoms with van der Waals surface area (Å²) in [6.07, 6.45) is 2.36. The minimum atomic E-state index is -0.686. The molecule has 42 heavy (non-hydrogen) atoms. The van der Waals surface area contributed by atoms with Crippen molar-refractivity contribution in [2.24, 2.45) is 4.99 Å². The normalized spacial score (nSPS) is 16.7. The fourth-order valence-electron chi connectivity index (χ4n) is 5.84. The summed E-state index contributed by atoms with van der Waals surface area (Å²) in [4.78, 5) is 40.8. The van der Waals surface area contributed by atoms with Gasteiger partial charge >= 0.3 is 11.7 Å². The van der Waals surface area contributed by atoms with E-state index in [9.17, 15) is 9.59 Å². The lowest BCUT2D eigenvalue weighted by molar-refractivity contribution is 0.164. The zero-order valence-corrected chi connectivity index (χ0v) is 23.1. The van der Waals surface area contributed by atoms with E-state index in [0.717, 1.165) is 33.8 Å². The van der Waals surface area contributed by atoms with Gasteiger partial charge in [0.25, 0.3) is 0 Å². The first-order valence-electron chi connectivity index (χ1n) is 14.1. The van der Waals surface area contributed by atoms with E-state index in [0.29, 0.717) is 37.6 Å². The molecule has 1 fully saturated rings. The van der Waals surface area contributed by atoms with Crippen molar-refractivity contribution in [1.29, 1.82) is 0 Å². The molecule has 2 N–H and O–H groups in total. The van der Waals surface area contributed by atoms with Crippen LogP contribution >= 0.6 is 0 Å². The van der Waals surface area contributed by atoms with Gasteiger partial charge in [0.1, 0.15) is 0 Å². The standard InChI is InChI=1S/C32H30N8O2/c1-21-20-33-30-29(34-27(22-10-4-2-5-11-22)25-14-8-9-15-26(25)39(21)30)36-31(41)38-18-16-24(17-19-38)40-32(42)35-28(37-40)23-12-6-3-7-13-23/h2-15,20,24,29H,16-19H2,1H3,(H,36,41)(H,35,37,42). The van der Waals surface area contributed by atoms with E-state index in [1.54, 1.807) is 4.90 Å². The van der Waals surface area contributed by atoms with Gasteiger partial charge < -0.3 is 10.2 Å². The average Bonchev–Trinajstić information content (AvgIpc) is 3.58. The Balaban J connectivity index is 1.13. The van der Waals surface area contributed by atoms with Gasteiger partial charge in [-0.2, -0.15) is 0 Å². The fraction of sp³-hybridized carbons (Fsp3) is 0.219. The summed E-state index contributed by atoms with van der Waals surface area (Å²) >= 11 is 0. The van der Waals surface area contributed by atoms with Gasteiger partial charge in [0, 0.05) is 41.7 Å². The van der Waals surface area contributed by atoms with E-state index in [4.69, 9.17) is 4.99 Å². The van der Waals surface area contributed by atoms with Crippen LogP contribution in [0.15, 0.2) is 101 Å². The number of carbonyl (C=O) groups is 1. The lowest BCUT2D eigenvalue weighted by atomic mass is 10.0. The number of amides is 2. The summed E-state index contributed by atoms with van der Waals surface area (Å²) in [6, 6.07) is 27.4. The number of aryl methyl sites for hydroxylation is 1. The van der Waals surface area contributed by atoms with Crippen molar-refractivity contribution in [3.05, 3.63) is 124 Å². The number of fused-ring (bicyclic) bond motifs is 3. The number of benzene rings is 3. The second kappa shape index (κ2) is 10.6. The van der Waals surface area contributed by atoms with Crippen LogP contribution in [-0.2, 0) is 0 Å². The van der Waals surface area contributed by atoms with Crippen molar-refractivity contribution in [2.75, 3.05) is 13.1 Å². The second-order valence-electron chi connectivity index (χ2n) is 10.6. The van der Waals surface area contributed by atoms with Gasteiger partial charge in [0.2, 0.25) is 0 Å². The summed E-state index contributed by atoms with van der Waals surface area (Å²) in [5, 5.41) is 7.71. The number of likely N-dealkylation sites (tertiary alicyclic amines) is 1. The maximum absolute atomic E-state index is 13.6. The molecule has 7 rings (SSSR count). The number of hydrogen-bond acceptors (Lipinski definition) is 5. The van der Waals surface area contributed by atoms with Gasteiger partial charge in [-0.3, -0.25) is 14.5 Å². The van der Waals surface area contributed by atoms with Crippen molar-refractivity contribution in [2.45, 2.75) is 32.0 Å². The van der Waals surface area contributed by atoms with Crippen LogP contribution < -0.4 is 11.0 Å². The number of aromatic amines is 1. The topological polar surface area (TPSA) is 113 Å². The molecule has 0 aliphatic carbocycles. The van der Waals surface area contributed by atoms with Gasteiger partial charge in [-0.1, -0.05) is 78.9 Å². The Kier molecular flexibility index (Phi) is 6.50. The molecule has 0 radical (unpaired) electrons. The quantitative estimate of drug-likeness (QED) is 0.335. The van der Waals surface area contributed by atoms with Gasteiger partial charge in [-0.25, -0.2) is 19.3 Å². The molecular formula is C32H30N8O2. The van der Waals surface area contributed by atoms with Crippen molar-refractivity contribution in [3.63, 3.8) is 0 Å². The molecule has 0 saturated carbocycles. The molecule has 210 valence electrons. The predicted octanol–water partition coefficient (Wildman–Crippen LogP) is 4.63. The first-order chi connectivity index (χ1) is 20.6. The van der Waals surface area contributed by atoms with Crippen LogP contribution in [0.3, 0.4) is 0 Å². The molecule has 2 aromatic heterocycles. The summed E-state index contributed by atoms with van der Waals surface area (Å²) in [6.45, 7) is 2.99. The number of nitrogens with zero attached hydrogens (tertiary/aromatic N) is 6. The third kappa shape index (κ3) is 4.60. The van der Waals surface area contributed by atoms with Crippen LogP contribution in [-0.4, -0.2) is 54.0 Å². The summed E-state index contributed by atoms with van der Waals surface area (Å²) in [5.74, 6) is 1.21. The van der Waals surface area contributed by atoms with Crippen LogP contribution in [0.4, 0.5) is 4.79 Å². The average molecular weight is 559 g/mol.